The molecule has 0 spiro atoms. The minimum absolute atomic E-state index is 0.272. The van der Waals surface area contributed by atoms with Gasteiger partial charge in [0.2, 0.25) is 0 Å². The Labute approximate surface area is 145 Å². The fourth-order valence-electron chi connectivity index (χ4n) is 4.00. The van der Waals surface area contributed by atoms with E-state index in [1.165, 1.54) is 62.8 Å². The molecule has 0 N–H and O–H groups in total. The third kappa shape index (κ3) is 4.17. The molecule has 2 aromatic carbocycles. The highest BCUT2D eigenvalue weighted by atomic mass is 16.5. The summed E-state index contributed by atoms with van der Waals surface area (Å²) in [5.74, 6) is 2.01. The third-order valence-corrected chi connectivity index (χ3v) is 5.38. The molecule has 2 heteroatoms. The number of fused-ring (bicyclic) bond motifs is 1. The lowest BCUT2D eigenvalue weighted by atomic mass is 9.77. The maximum absolute atomic E-state index is 11.1. The second-order valence-corrected chi connectivity index (χ2v) is 7.22. The summed E-state index contributed by atoms with van der Waals surface area (Å²) in [5, 5.41) is 2.37. The van der Waals surface area contributed by atoms with Crippen molar-refractivity contribution >= 4 is 16.7 Å². The van der Waals surface area contributed by atoms with Crippen molar-refractivity contribution in [3.05, 3.63) is 42.0 Å². The fraction of sp³-hybridized carbons (Fsp3) is 0.500. The van der Waals surface area contributed by atoms with Crippen LogP contribution in [0.2, 0.25) is 0 Å². The molecule has 2 nitrogen and oxygen atoms in total. The summed E-state index contributed by atoms with van der Waals surface area (Å²) in [4.78, 5) is 11.1. The summed E-state index contributed by atoms with van der Waals surface area (Å²) in [6.45, 7) is 3.72. The SMILES string of the molecule is CCCC[C@H]1CC[C@H](c2ccc3cc(OC(C)=O)ccc3c2)CC1. The van der Waals surface area contributed by atoms with Crippen molar-refractivity contribution in [3.8, 4) is 5.75 Å². The van der Waals surface area contributed by atoms with Crippen LogP contribution in [0, 0.1) is 5.92 Å². The van der Waals surface area contributed by atoms with Crippen LogP contribution in [0.25, 0.3) is 10.8 Å². The van der Waals surface area contributed by atoms with E-state index in [9.17, 15) is 4.79 Å². The molecule has 1 aliphatic carbocycles. The minimum Gasteiger partial charge on any atom is -0.427 e. The van der Waals surface area contributed by atoms with Gasteiger partial charge in [-0.05, 0) is 66.0 Å². The van der Waals surface area contributed by atoms with Crippen LogP contribution in [0.4, 0.5) is 0 Å². The molecule has 0 unspecified atom stereocenters. The van der Waals surface area contributed by atoms with Crippen molar-refractivity contribution in [2.45, 2.75) is 64.7 Å². The lowest BCUT2D eigenvalue weighted by Crippen LogP contribution is -2.13. The Morgan fingerprint density at radius 3 is 2.46 bits per heavy atom. The third-order valence-electron chi connectivity index (χ3n) is 5.38. The van der Waals surface area contributed by atoms with Crippen LogP contribution < -0.4 is 4.74 Å². The highest BCUT2D eigenvalue weighted by Gasteiger charge is 2.22. The summed E-state index contributed by atoms with van der Waals surface area (Å²) < 4.78 is 5.17. The van der Waals surface area contributed by atoms with E-state index >= 15 is 0 Å². The second kappa shape index (κ2) is 7.83. The molecule has 1 aliphatic rings. The molecule has 24 heavy (non-hydrogen) atoms. The van der Waals surface area contributed by atoms with Gasteiger partial charge in [0.25, 0.3) is 0 Å². The van der Waals surface area contributed by atoms with E-state index in [0.29, 0.717) is 11.7 Å². The first-order chi connectivity index (χ1) is 11.7. The Kier molecular flexibility index (Phi) is 5.55. The maximum atomic E-state index is 11.1. The normalized spacial score (nSPS) is 20.9. The summed E-state index contributed by atoms with van der Waals surface area (Å²) in [6.07, 6.45) is 9.54. The van der Waals surface area contributed by atoms with E-state index in [0.717, 1.165) is 11.3 Å². The Morgan fingerprint density at radius 1 is 1.04 bits per heavy atom. The number of carbonyl (C=O) groups excluding carboxylic acids is 1. The van der Waals surface area contributed by atoms with Crippen LogP contribution >= 0.6 is 0 Å². The standard InChI is InChI=1S/C22H28O2/c1-3-4-5-17-6-8-18(9-7-17)19-10-11-21-15-22(24-16(2)23)13-12-20(21)14-19/h10-15,17-18H,3-9H2,1-2H3/t17-,18-. The number of esters is 1. The molecule has 0 atom stereocenters. The van der Waals surface area contributed by atoms with Gasteiger partial charge in [-0.15, -0.1) is 0 Å². The van der Waals surface area contributed by atoms with E-state index in [2.05, 4.69) is 31.2 Å². The molecule has 0 heterocycles. The highest BCUT2D eigenvalue weighted by Crippen LogP contribution is 2.38. The molecule has 0 amide bonds. The molecule has 3 rings (SSSR count). The average molecular weight is 324 g/mol. The van der Waals surface area contributed by atoms with Crippen molar-refractivity contribution < 1.29 is 9.53 Å². The topological polar surface area (TPSA) is 26.3 Å². The molecule has 2 aromatic rings. The summed E-state index contributed by atoms with van der Waals surface area (Å²) in [6, 6.07) is 12.6. The predicted octanol–water partition coefficient (Wildman–Crippen LogP) is 6.23. The van der Waals surface area contributed by atoms with Crippen LogP contribution in [-0.4, -0.2) is 5.97 Å². The van der Waals surface area contributed by atoms with Gasteiger partial charge in [0.1, 0.15) is 5.75 Å². The Hall–Kier alpha value is -1.83. The predicted molar refractivity (Wildman–Crippen MR) is 99.5 cm³/mol. The minimum atomic E-state index is -0.272. The second-order valence-electron chi connectivity index (χ2n) is 7.22. The van der Waals surface area contributed by atoms with E-state index in [-0.39, 0.29) is 5.97 Å². The van der Waals surface area contributed by atoms with E-state index < -0.39 is 0 Å². The quantitative estimate of drug-likeness (QED) is 0.481. The van der Waals surface area contributed by atoms with Crippen molar-refractivity contribution in [2.24, 2.45) is 5.92 Å². The van der Waals surface area contributed by atoms with Crippen molar-refractivity contribution in [3.63, 3.8) is 0 Å². The number of hydrogen-bond acceptors (Lipinski definition) is 2. The molecule has 128 valence electrons. The molecular weight excluding hydrogens is 296 g/mol. The molecule has 1 saturated carbocycles. The van der Waals surface area contributed by atoms with Crippen LogP contribution in [0.5, 0.6) is 5.75 Å². The summed E-state index contributed by atoms with van der Waals surface area (Å²) >= 11 is 0. The van der Waals surface area contributed by atoms with Gasteiger partial charge in [0, 0.05) is 6.92 Å². The zero-order valence-corrected chi connectivity index (χ0v) is 14.9. The van der Waals surface area contributed by atoms with Crippen molar-refractivity contribution in [1.82, 2.24) is 0 Å². The van der Waals surface area contributed by atoms with Gasteiger partial charge in [-0.2, -0.15) is 0 Å². The summed E-state index contributed by atoms with van der Waals surface area (Å²) in [5.41, 5.74) is 1.47. The zero-order valence-electron chi connectivity index (χ0n) is 14.9. The first-order valence-corrected chi connectivity index (χ1v) is 9.38. The molecular formula is C22H28O2. The number of unbranched alkanes of at least 4 members (excludes halogenated alkanes) is 1. The van der Waals surface area contributed by atoms with Gasteiger partial charge in [-0.1, -0.05) is 50.5 Å². The van der Waals surface area contributed by atoms with Crippen LogP contribution in [0.3, 0.4) is 0 Å². The zero-order chi connectivity index (χ0) is 16.9. The van der Waals surface area contributed by atoms with Crippen LogP contribution in [0.1, 0.15) is 70.3 Å². The van der Waals surface area contributed by atoms with Gasteiger partial charge in [-0.25, -0.2) is 0 Å². The Morgan fingerprint density at radius 2 is 1.75 bits per heavy atom. The first kappa shape index (κ1) is 17.0. The highest BCUT2D eigenvalue weighted by molar-refractivity contribution is 5.85. The van der Waals surface area contributed by atoms with Crippen LogP contribution in [-0.2, 0) is 4.79 Å². The average Bonchev–Trinajstić information content (AvgIpc) is 2.59. The van der Waals surface area contributed by atoms with E-state index in [1.807, 2.05) is 12.1 Å². The largest absolute Gasteiger partial charge is 0.427 e. The molecule has 0 bridgehead atoms. The molecule has 0 aromatic heterocycles. The molecule has 0 aliphatic heterocycles. The first-order valence-electron chi connectivity index (χ1n) is 9.38. The number of benzene rings is 2. The Bertz CT molecular complexity index is 696. The van der Waals surface area contributed by atoms with Gasteiger partial charge in [0.15, 0.2) is 0 Å². The molecule has 1 fully saturated rings. The lowest BCUT2D eigenvalue weighted by Gasteiger charge is -2.29. The van der Waals surface area contributed by atoms with Gasteiger partial charge in [-0.3, -0.25) is 4.79 Å². The molecule has 0 radical (unpaired) electrons. The number of rotatable bonds is 5. The van der Waals surface area contributed by atoms with Gasteiger partial charge < -0.3 is 4.74 Å². The van der Waals surface area contributed by atoms with Gasteiger partial charge >= 0.3 is 5.97 Å². The van der Waals surface area contributed by atoms with Crippen molar-refractivity contribution in [1.29, 1.82) is 0 Å². The fourth-order valence-corrected chi connectivity index (χ4v) is 4.00. The lowest BCUT2D eigenvalue weighted by molar-refractivity contribution is -0.131. The maximum Gasteiger partial charge on any atom is 0.308 e. The Balaban J connectivity index is 1.69. The van der Waals surface area contributed by atoms with Gasteiger partial charge in [0.05, 0.1) is 0 Å². The smallest absolute Gasteiger partial charge is 0.308 e. The number of hydrogen-bond donors (Lipinski definition) is 0. The van der Waals surface area contributed by atoms with Crippen LogP contribution in [0.15, 0.2) is 36.4 Å². The number of carbonyl (C=O) groups is 1. The monoisotopic (exact) mass is 324 g/mol. The molecule has 0 saturated heterocycles. The van der Waals surface area contributed by atoms with E-state index in [1.54, 1.807) is 0 Å². The number of ether oxygens (including phenoxy) is 1. The van der Waals surface area contributed by atoms with Crippen molar-refractivity contribution in [2.75, 3.05) is 0 Å². The summed E-state index contributed by atoms with van der Waals surface area (Å²) in [7, 11) is 0. The van der Waals surface area contributed by atoms with E-state index in [4.69, 9.17) is 4.74 Å².